The number of carbonyl (C=O) groups is 4. The van der Waals surface area contributed by atoms with Crippen LogP contribution in [0.2, 0.25) is 0 Å². The Morgan fingerprint density at radius 1 is 0.684 bits per heavy atom. The maximum absolute atomic E-state index is 12.3. The lowest BCUT2D eigenvalue weighted by atomic mass is 10.2. The second kappa shape index (κ2) is 13.5. The van der Waals surface area contributed by atoms with E-state index in [4.69, 9.17) is 9.47 Å². The van der Waals surface area contributed by atoms with Crippen molar-refractivity contribution in [2.24, 2.45) is 10.2 Å². The molecule has 3 rings (SSSR count). The van der Waals surface area contributed by atoms with Crippen LogP contribution < -0.4 is 30.5 Å². The minimum Gasteiger partial charge on any atom is -0.546 e. The molecule has 0 aliphatic rings. The lowest BCUT2D eigenvalue weighted by Crippen LogP contribution is -2.28. The van der Waals surface area contributed by atoms with Gasteiger partial charge in [-0.1, -0.05) is 6.07 Å². The van der Waals surface area contributed by atoms with Crippen LogP contribution in [0.1, 0.15) is 32.1 Å². The van der Waals surface area contributed by atoms with Crippen molar-refractivity contribution in [3.8, 4) is 11.5 Å². The summed E-state index contributed by atoms with van der Waals surface area (Å²) in [6.45, 7) is -1.14. The van der Waals surface area contributed by atoms with E-state index in [0.717, 1.165) is 0 Å². The van der Waals surface area contributed by atoms with Gasteiger partial charge in [-0.2, -0.15) is 10.2 Å². The molecular formula is C25H19N5O8-2. The molecule has 194 valence electrons. The highest BCUT2D eigenvalue weighted by molar-refractivity contribution is 5.97. The number of benzene rings is 2. The summed E-state index contributed by atoms with van der Waals surface area (Å²) in [4.78, 5) is 49.5. The summed E-state index contributed by atoms with van der Waals surface area (Å²) >= 11 is 0. The van der Waals surface area contributed by atoms with Gasteiger partial charge < -0.3 is 29.3 Å². The Hall–Kier alpha value is -5.59. The van der Waals surface area contributed by atoms with Gasteiger partial charge in [0.25, 0.3) is 11.8 Å². The molecule has 0 atom stereocenters. The Balaban J connectivity index is 1.51. The molecule has 0 fully saturated rings. The fraction of sp³-hybridized carbons (Fsp3) is 0.0800. The van der Waals surface area contributed by atoms with Gasteiger partial charge in [-0.3, -0.25) is 9.59 Å². The Labute approximate surface area is 215 Å². The average Bonchev–Trinajstić information content (AvgIpc) is 2.92. The first-order valence-corrected chi connectivity index (χ1v) is 10.8. The van der Waals surface area contributed by atoms with Crippen molar-refractivity contribution in [2.45, 2.75) is 0 Å². The van der Waals surface area contributed by atoms with Crippen LogP contribution in [0.4, 0.5) is 0 Å². The molecule has 0 saturated carbocycles. The zero-order chi connectivity index (χ0) is 27.3. The molecule has 0 bridgehead atoms. The van der Waals surface area contributed by atoms with E-state index < -0.39 is 37.0 Å². The third-order valence-electron chi connectivity index (χ3n) is 4.45. The van der Waals surface area contributed by atoms with Crippen LogP contribution in [0.15, 0.2) is 76.9 Å². The van der Waals surface area contributed by atoms with Gasteiger partial charge in [-0.15, -0.1) is 0 Å². The Morgan fingerprint density at radius 3 is 1.45 bits per heavy atom. The molecule has 13 heteroatoms. The number of hydrazone groups is 2. The van der Waals surface area contributed by atoms with E-state index in [9.17, 15) is 29.4 Å². The highest BCUT2D eigenvalue weighted by Crippen LogP contribution is 2.11. The molecular weight excluding hydrogens is 498 g/mol. The standard InChI is InChI=1S/C25H21N5O8/c31-22(32)14-37-18-8-4-16(5-9-18)12-26-29-24(35)20-2-1-3-21(28-20)25(36)30-27-13-17-6-10-19(11-7-17)38-15-23(33)34/h1-13H,14-15H2,(H,29,35)(H,30,36)(H,31,32)(H,33,34)/p-2/b26-12-,27-13-. The highest BCUT2D eigenvalue weighted by Gasteiger charge is 2.11. The van der Waals surface area contributed by atoms with E-state index in [0.29, 0.717) is 22.6 Å². The fourth-order valence-corrected chi connectivity index (χ4v) is 2.72. The highest BCUT2D eigenvalue weighted by atomic mass is 16.5. The molecule has 0 spiro atoms. The molecule has 0 aliphatic heterocycles. The van der Waals surface area contributed by atoms with E-state index in [2.05, 4.69) is 26.0 Å². The molecule has 0 radical (unpaired) electrons. The monoisotopic (exact) mass is 517 g/mol. The van der Waals surface area contributed by atoms with Crippen molar-refractivity contribution in [3.63, 3.8) is 0 Å². The number of amides is 2. The molecule has 2 aromatic carbocycles. The Kier molecular flexibility index (Phi) is 9.58. The first-order chi connectivity index (χ1) is 18.3. The van der Waals surface area contributed by atoms with Gasteiger partial charge in [0.1, 0.15) is 36.1 Å². The number of ether oxygens (including phenoxy) is 2. The smallest absolute Gasteiger partial charge is 0.289 e. The number of rotatable bonds is 12. The predicted molar refractivity (Wildman–Crippen MR) is 128 cm³/mol. The van der Waals surface area contributed by atoms with Crippen molar-refractivity contribution in [1.82, 2.24) is 15.8 Å². The topological polar surface area (TPSA) is 195 Å². The van der Waals surface area contributed by atoms with Crippen LogP contribution in [-0.2, 0) is 9.59 Å². The molecule has 13 nitrogen and oxygen atoms in total. The van der Waals surface area contributed by atoms with Gasteiger partial charge in [0.2, 0.25) is 0 Å². The number of carboxylic acid groups (broad SMARTS) is 2. The molecule has 1 aromatic heterocycles. The molecule has 38 heavy (non-hydrogen) atoms. The third-order valence-corrected chi connectivity index (χ3v) is 4.45. The van der Waals surface area contributed by atoms with Gasteiger partial charge in [0.15, 0.2) is 0 Å². The molecule has 0 saturated heterocycles. The van der Waals surface area contributed by atoms with Crippen molar-refractivity contribution >= 4 is 36.2 Å². The largest absolute Gasteiger partial charge is 0.546 e. The zero-order valence-electron chi connectivity index (χ0n) is 19.5. The van der Waals surface area contributed by atoms with Crippen LogP contribution in [0.25, 0.3) is 0 Å². The minimum atomic E-state index is -1.34. The number of carboxylic acids is 2. The van der Waals surface area contributed by atoms with E-state index in [1.54, 1.807) is 24.3 Å². The van der Waals surface area contributed by atoms with E-state index in [1.807, 2.05) is 0 Å². The summed E-state index contributed by atoms with van der Waals surface area (Å²) in [5.41, 5.74) is 5.68. The summed E-state index contributed by atoms with van der Waals surface area (Å²) in [5, 5.41) is 28.5. The fourth-order valence-electron chi connectivity index (χ4n) is 2.72. The van der Waals surface area contributed by atoms with Gasteiger partial charge in [0.05, 0.1) is 24.4 Å². The molecule has 2 amide bonds. The first-order valence-electron chi connectivity index (χ1n) is 10.8. The molecule has 0 aliphatic carbocycles. The SMILES string of the molecule is O=C([O-])COc1ccc(/C=N\NC(=O)c2cccc(C(=O)N/N=C\c3ccc(OCC(=O)[O-])cc3)n2)cc1. The molecule has 1 heterocycles. The van der Waals surface area contributed by atoms with Gasteiger partial charge >= 0.3 is 0 Å². The number of nitrogens with zero attached hydrogens (tertiary/aromatic N) is 3. The number of aromatic nitrogens is 1. The van der Waals surface area contributed by atoms with Crippen LogP contribution in [0.5, 0.6) is 11.5 Å². The minimum absolute atomic E-state index is 0.0584. The number of hydrogen-bond donors (Lipinski definition) is 2. The number of carbonyl (C=O) groups excluding carboxylic acids is 4. The number of aliphatic carboxylic acids is 2. The van der Waals surface area contributed by atoms with Gasteiger partial charge in [-0.25, -0.2) is 15.8 Å². The second-order valence-electron chi connectivity index (χ2n) is 7.27. The molecule has 0 unspecified atom stereocenters. The van der Waals surface area contributed by atoms with Gasteiger partial charge in [-0.05, 0) is 71.8 Å². The molecule has 2 N–H and O–H groups in total. The average molecular weight is 517 g/mol. The summed E-state index contributed by atoms with van der Waals surface area (Å²) in [5.74, 6) is -3.33. The van der Waals surface area contributed by atoms with Crippen LogP contribution in [0.3, 0.4) is 0 Å². The normalized spacial score (nSPS) is 10.7. The summed E-state index contributed by atoms with van der Waals surface area (Å²) in [6, 6.07) is 16.8. The Bertz CT molecular complexity index is 1250. The first kappa shape index (κ1) is 27.0. The maximum atomic E-state index is 12.3. The lowest BCUT2D eigenvalue weighted by molar-refractivity contribution is -0.308. The van der Waals surface area contributed by atoms with Crippen molar-refractivity contribution < 1.29 is 38.9 Å². The van der Waals surface area contributed by atoms with Crippen LogP contribution in [0, 0.1) is 0 Å². The summed E-state index contributed by atoms with van der Waals surface area (Å²) in [7, 11) is 0. The quantitative estimate of drug-likeness (QED) is 0.221. The lowest BCUT2D eigenvalue weighted by Gasteiger charge is -2.06. The van der Waals surface area contributed by atoms with Crippen molar-refractivity contribution in [3.05, 3.63) is 89.2 Å². The summed E-state index contributed by atoms with van der Waals surface area (Å²) in [6.07, 6.45) is 2.71. The van der Waals surface area contributed by atoms with E-state index in [1.165, 1.54) is 54.9 Å². The van der Waals surface area contributed by atoms with Crippen LogP contribution >= 0.6 is 0 Å². The third kappa shape index (κ3) is 8.88. The molecule has 3 aromatic rings. The predicted octanol–water partition coefficient (Wildman–Crippen LogP) is -1.13. The second-order valence-corrected chi connectivity index (χ2v) is 7.27. The zero-order valence-corrected chi connectivity index (χ0v) is 19.5. The van der Waals surface area contributed by atoms with Crippen molar-refractivity contribution in [1.29, 1.82) is 0 Å². The van der Waals surface area contributed by atoms with Crippen LogP contribution in [-0.4, -0.2) is 54.4 Å². The Morgan fingerprint density at radius 2 is 1.08 bits per heavy atom. The number of pyridine rings is 1. The maximum Gasteiger partial charge on any atom is 0.289 e. The number of hydrogen-bond acceptors (Lipinski definition) is 11. The van der Waals surface area contributed by atoms with E-state index in [-0.39, 0.29) is 11.4 Å². The number of nitrogens with one attached hydrogen (secondary N) is 2. The summed E-state index contributed by atoms with van der Waals surface area (Å²) < 4.78 is 9.94. The van der Waals surface area contributed by atoms with E-state index >= 15 is 0 Å². The van der Waals surface area contributed by atoms with Gasteiger partial charge in [0, 0.05) is 0 Å². The van der Waals surface area contributed by atoms with Crippen molar-refractivity contribution in [2.75, 3.05) is 13.2 Å².